The Morgan fingerprint density at radius 1 is 1.04 bits per heavy atom. The molecule has 4 rings (SSSR count). The van der Waals surface area contributed by atoms with Gasteiger partial charge in [0.2, 0.25) is 11.7 Å². The molecule has 0 atom stereocenters. The lowest BCUT2D eigenvalue weighted by molar-refractivity contribution is -0.128. The largest absolute Gasteiger partial charge is 0.348 e. The Morgan fingerprint density at radius 2 is 1.67 bits per heavy atom. The van der Waals surface area contributed by atoms with Crippen LogP contribution in [0.2, 0.25) is 0 Å². The number of carbonyl (C=O) groups excluding carboxylic acids is 1. The van der Waals surface area contributed by atoms with Crippen LogP contribution in [-0.4, -0.2) is 38.9 Å². The SMILES string of the molecule is Cc1cc2c(cc1C)n1c(CC(=O)N(C)C)c(-c3ccccc3)nc1n2C. The Balaban J connectivity index is 2.08. The third kappa shape index (κ3) is 2.70. The number of nitrogens with zero attached hydrogens (tertiary/aromatic N) is 4. The van der Waals surface area contributed by atoms with Crippen LogP contribution in [0.15, 0.2) is 42.5 Å². The summed E-state index contributed by atoms with van der Waals surface area (Å²) < 4.78 is 4.25. The van der Waals surface area contributed by atoms with Crippen molar-refractivity contribution in [3.05, 3.63) is 59.3 Å². The zero-order valence-corrected chi connectivity index (χ0v) is 16.4. The van der Waals surface area contributed by atoms with Gasteiger partial charge in [0.1, 0.15) is 0 Å². The number of benzene rings is 2. The summed E-state index contributed by atoms with van der Waals surface area (Å²) in [7, 11) is 5.62. The monoisotopic (exact) mass is 360 g/mol. The van der Waals surface area contributed by atoms with Gasteiger partial charge in [-0.1, -0.05) is 30.3 Å². The van der Waals surface area contributed by atoms with Crippen molar-refractivity contribution in [3.63, 3.8) is 0 Å². The van der Waals surface area contributed by atoms with Crippen molar-refractivity contribution in [2.45, 2.75) is 20.3 Å². The maximum absolute atomic E-state index is 12.6. The zero-order chi connectivity index (χ0) is 19.3. The Labute approximate surface area is 158 Å². The van der Waals surface area contributed by atoms with E-state index in [4.69, 9.17) is 4.98 Å². The Bertz CT molecular complexity index is 1170. The number of hydrogen-bond donors (Lipinski definition) is 0. The van der Waals surface area contributed by atoms with Crippen LogP contribution >= 0.6 is 0 Å². The summed E-state index contributed by atoms with van der Waals surface area (Å²) in [5, 5.41) is 0. The second-order valence-electron chi connectivity index (χ2n) is 7.36. The first kappa shape index (κ1) is 17.3. The third-order valence-corrected chi connectivity index (χ3v) is 5.31. The van der Waals surface area contributed by atoms with Crippen LogP contribution in [0, 0.1) is 13.8 Å². The number of hydrogen-bond acceptors (Lipinski definition) is 2. The highest BCUT2D eigenvalue weighted by molar-refractivity contribution is 5.87. The lowest BCUT2D eigenvalue weighted by Gasteiger charge is -2.11. The summed E-state index contributed by atoms with van der Waals surface area (Å²) in [6.07, 6.45) is 0.310. The van der Waals surface area contributed by atoms with Gasteiger partial charge in [0, 0.05) is 26.7 Å². The lowest BCUT2D eigenvalue weighted by Crippen LogP contribution is -2.24. The van der Waals surface area contributed by atoms with Crippen molar-refractivity contribution >= 4 is 22.7 Å². The number of likely N-dealkylation sites (N-methyl/N-ethyl adjacent to an activating group) is 1. The molecule has 4 aromatic rings. The predicted octanol–water partition coefficient (Wildman–Crippen LogP) is 3.74. The fourth-order valence-corrected chi connectivity index (χ4v) is 3.55. The maximum atomic E-state index is 12.6. The van der Waals surface area contributed by atoms with E-state index in [-0.39, 0.29) is 5.91 Å². The minimum atomic E-state index is 0.0646. The molecule has 2 heterocycles. The molecule has 0 aliphatic carbocycles. The summed E-state index contributed by atoms with van der Waals surface area (Å²) in [5.41, 5.74) is 7.53. The Hall–Kier alpha value is -3.08. The number of fused-ring (bicyclic) bond motifs is 3. The van der Waals surface area contributed by atoms with Crippen molar-refractivity contribution in [2.24, 2.45) is 7.05 Å². The minimum absolute atomic E-state index is 0.0646. The molecule has 138 valence electrons. The fraction of sp³-hybridized carbons (Fsp3) is 0.273. The lowest BCUT2D eigenvalue weighted by atomic mass is 10.1. The highest BCUT2D eigenvalue weighted by Gasteiger charge is 2.22. The fourth-order valence-electron chi connectivity index (χ4n) is 3.55. The quantitative estimate of drug-likeness (QED) is 0.558. The highest BCUT2D eigenvalue weighted by Crippen LogP contribution is 2.31. The van der Waals surface area contributed by atoms with Gasteiger partial charge < -0.3 is 9.47 Å². The van der Waals surface area contributed by atoms with Crippen molar-refractivity contribution in [3.8, 4) is 11.3 Å². The molecule has 2 aromatic heterocycles. The van der Waals surface area contributed by atoms with Crippen LogP contribution in [-0.2, 0) is 18.3 Å². The van der Waals surface area contributed by atoms with Gasteiger partial charge >= 0.3 is 0 Å². The van der Waals surface area contributed by atoms with Crippen molar-refractivity contribution in [2.75, 3.05) is 14.1 Å². The van der Waals surface area contributed by atoms with Crippen LogP contribution in [0.3, 0.4) is 0 Å². The first-order valence-corrected chi connectivity index (χ1v) is 9.11. The first-order valence-electron chi connectivity index (χ1n) is 9.11. The molecule has 27 heavy (non-hydrogen) atoms. The van der Waals surface area contributed by atoms with E-state index in [9.17, 15) is 4.79 Å². The average molecular weight is 360 g/mol. The molecule has 0 bridgehead atoms. The molecule has 0 aliphatic rings. The molecule has 5 heteroatoms. The van der Waals surface area contributed by atoms with Crippen LogP contribution < -0.4 is 0 Å². The molecule has 0 spiro atoms. The van der Waals surface area contributed by atoms with Gasteiger partial charge in [0.15, 0.2) is 0 Å². The number of carbonyl (C=O) groups is 1. The second kappa shape index (κ2) is 6.27. The molecular formula is C22H24N4O. The summed E-state index contributed by atoms with van der Waals surface area (Å²) in [5.74, 6) is 0.922. The van der Waals surface area contributed by atoms with Gasteiger partial charge in [-0.05, 0) is 37.1 Å². The van der Waals surface area contributed by atoms with E-state index in [1.54, 1.807) is 19.0 Å². The van der Waals surface area contributed by atoms with Crippen molar-refractivity contribution in [1.29, 1.82) is 0 Å². The van der Waals surface area contributed by atoms with Gasteiger partial charge in [-0.15, -0.1) is 0 Å². The van der Waals surface area contributed by atoms with Crippen LogP contribution in [0.25, 0.3) is 28.1 Å². The smallest absolute Gasteiger partial charge is 0.228 e. The molecular weight excluding hydrogens is 336 g/mol. The Kier molecular flexibility index (Phi) is 4.02. The molecule has 0 saturated carbocycles. The molecule has 0 unspecified atom stereocenters. The van der Waals surface area contributed by atoms with Crippen molar-refractivity contribution in [1.82, 2.24) is 18.9 Å². The topological polar surface area (TPSA) is 42.5 Å². The molecule has 0 N–H and O–H groups in total. The first-order chi connectivity index (χ1) is 12.9. The summed E-state index contributed by atoms with van der Waals surface area (Å²) in [6, 6.07) is 14.5. The molecule has 0 fully saturated rings. The van der Waals surface area contributed by atoms with Gasteiger partial charge in [-0.3, -0.25) is 9.20 Å². The van der Waals surface area contributed by atoms with E-state index >= 15 is 0 Å². The number of imidazole rings is 2. The summed E-state index contributed by atoms with van der Waals surface area (Å²) in [4.78, 5) is 19.2. The van der Waals surface area contributed by atoms with E-state index in [1.165, 1.54) is 11.1 Å². The normalized spacial score (nSPS) is 11.4. The standard InChI is InChI=1S/C22H24N4O/c1-14-11-17-18(12-15(14)2)26-19(13-20(27)24(3)4)21(23-22(26)25(17)5)16-9-7-6-8-10-16/h6-12H,13H2,1-5H3. The summed E-state index contributed by atoms with van der Waals surface area (Å²) >= 11 is 0. The third-order valence-electron chi connectivity index (χ3n) is 5.31. The molecule has 2 aromatic carbocycles. The molecule has 0 radical (unpaired) electrons. The van der Waals surface area contributed by atoms with Gasteiger partial charge in [-0.25, -0.2) is 4.98 Å². The Morgan fingerprint density at radius 3 is 2.30 bits per heavy atom. The minimum Gasteiger partial charge on any atom is -0.348 e. The zero-order valence-electron chi connectivity index (χ0n) is 16.4. The van der Waals surface area contributed by atoms with Gasteiger partial charge in [-0.2, -0.15) is 0 Å². The number of amides is 1. The molecule has 5 nitrogen and oxygen atoms in total. The molecule has 0 saturated heterocycles. The number of aromatic nitrogens is 3. The van der Waals surface area contributed by atoms with Crippen molar-refractivity contribution < 1.29 is 4.79 Å². The van der Waals surface area contributed by atoms with Gasteiger partial charge in [0.05, 0.1) is 28.8 Å². The van der Waals surface area contributed by atoms with Crippen LogP contribution in [0.1, 0.15) is 16.8 Å². The van der Waals surface area contributed by atoms with Crippen LogP contribution in [0.4, 0.5) is 0 Å². The molecule has 1 amide bonds. The highest BCUT2D eigenvalue weighted by atomic mass is 16.2. The van der Waals surface area contributed by atoms with E-state index in [2.05, 4.69) is 34.9 Å². The summed E-state index contributed by atoms with van der Waals surface area (Å²) in [6.45, 7) is 4.24. The average Bonchev–Trinajstić information content (AvgIpc) is 3.13. The second-order valence-corrected chi connectivity index (χ2v) is 7.36. The number of rotatable bonds is 3. The van der Waals surface area contributed by atoms with E-state index in [1.807, 2.05) is 37.4 Å². The van der Waals surface area contributed by atoms with E-state index in [0.29, 0.717) is 6.42 Å². The maximum Gasteiger partial charge on any atom is 0.228 e. The predicted molar refractivity (Wildman–Crippen MR) is 109 cm³/mol. The van der Waals surface area contributed by atoms with E-state index < -0.39 is 0 Å². The number of aryl methyl sites for hydroxylation is 3. The van der Waals surface area contributed by atoms with Crippen LogP contribution in [0.5, 0.6) is 0 Å². The van der Waals surface area contributed by atoms with E-state index in [0.717, 1.165) is 33.8 Å². The van der Waals surface area contributed by atoms with Gasteiger partial charge in [0.25, 0.3) is 0 Å². The molecule has 0 aliphatic heterocycles.